The number of halogens is 1. The summed E-state index contributed by atoms with van der Waals surface area (Å²) in [5.41, 5.74) is 0.725. The maximum atomic E-state index is 12.5. The van der Waals surface area contributed by atoms with E-state index in [1.807, 2.05) is 0 Å². The average Bonchev–Trinajstić information content (AvgIpc) is 3.38. The quantitative estimate of drug-likeness (QED) is 0.770. The van der Waals surface area contributed by atoms with Crippen LogP contribution in [0.5, 0.6) is 11.5 Å². The predicted octanol–water partition coefficient (Wildman–Crippen LogP) is 2.62. The molecule has 0 unspecified atom stereocenters. The lowest BCUT2D eigenvalue weighted by Crippen LogP contribution is -2.30. The summed E-state index contributed by atoms with van der Waals surface area (Å²) in [7, 11) is 1.76. The summed E-state index contributed by atoms with van der Waals surface area (Å²) in [6.07, 6.45) is 3.01. The van der Waals surface area contributed by atoms with Crippen molar-refractivity contribution >= 4 is 17.5 Å². The van der Waals surface area contributed by atoms with Crippen LogP contribution in [0.4, 0.5) is 0 Å². The molecule has 2 aromatic rings. The Bertz CT molecular complexity index is 819. The smallest absolute Gasteiger partial charge is 0.229 e. The lowest BCUT2D eigenvalue weighted by molar-refractivity contribution is -0.129. The van der Waals surface area contributed by atoms with Crippen LogP contribution in [-0.4, -0.2) is 47.8 Å². The van der Waals surface area contributed by atoms with Crippen LogP contribution in [0, 0.1) is 0 Å². The Morgan fingerprint density at radius 3 is 2.73 bits per heavy atom. The first-order chi connectivity index (χ1) is 12.6. The summed E-state index contributed by atoms with van der Waals surface area (Å²) in [6, 6.07) is 3.49. The zero-order chi connectivity index (χ0) is 18.1. The largest absolute Gasteiger partial charge is 0.486 e. The highest BCUT2D eigenvalue weighted by Gasteiger charge is 2.29. The standard InChI is InChI=1S/C18H20ClN3O4/c1-22(5-4-16-20-18(26-21-16)11-2-3-11)17(23)9-12-8-14-15(10-13(12)19)25-7-6-24-14/h8,10-11H,2-7,9H2,1H3. The van der Waals surface area contributed by atoms with Crippen molar-refractivity contribution in [3.05, 3.63) is 34.4 Å². The van der Waals surface area contributed by atoms with Crippen LogP contribution >= 0.6 is 11.6 Å². The second kappa shape index (κ2) is 7.15. The van der Waals surface area contributed by atoms with Crippen LogP contribution < -0.4 is 9.47 Å². The third-order valence-electron chi connectivity index (χ3n) is 4.56. The minimum absolute atomic E-state index is 0.0329. The molecule has 7 nitrogen and oxygen atoms in total. The van der Waals surface area contributed by atoms with E-state index in [0.717, 1.165) is 24.3 Å². The van der Waals surface area contributed by atoms with Crippen LogP contribution in [0.15, 0.2) is 16.7 Å². The van der Waals surface area contributed by atoms with E-state index >= 15 is 0 Å². The summed E-state index contributed by atoms with van der Waals surface area (Å²) in [5, 5.41) is 4.48. The first-order valence-corrected chi connectivity index (χ1v) is 9.12. The highest BCUT2D eigenvalue weighted by atomic mass is 35.5. The van der Waals surface area contributed by atoms with Crippen molar-refractivity contribution in [1.82, 2.24) is 15.0 Å². The van der Waals surface area contributed by atoms with E-state index in [1.165, 1.54) is 0 Å². The Kier molecular flexibility index (Phi) is 4.72. The van der Waals surface area contributed by atoms with Crippen molar-refractivity contribution < 1.29 is 18.8 Å². The van der Waals surface area contributed by atoms with Gasteiger partial charge in [-0.25, -0.2) is 0 Å². The van der Waals surface area contributed by atoms with Crippen LogP contribution in [0.3, 0.4) is 0 Å². The molecular weight excluding hydrogens is 358 g/mol. The molecule has 0 radical (unpaired) electrons. The zero-order valence-corrected chi connectivity index (χ0v) is 15.3. The van der Waals surface area contributed by atoms with E-state index < -0.39 is 0 Å². The second-order valence-electron chi connectivity index (χ2n) is 6.65. The monoisotopic (exact) mass is 377 g/mol. The van der Waals surface area contributed by atoms with Gasteiger partial charge in [-0.2, -0.15) is 4.98 Å². The van der Waals surface area contributed by atoms with E-state index in [-0.39, 0.29) is 12.3 Å². The number of carbonyl (C=O) groups is 1. The van der Waals surface area contributed by atoms with Gasteiger partial charge in [0, 0.05) is 37.0 Å². The number of amides is 1. The Hall–Kier alpha value is -2.28. The summed E-state index contributed by atoms with van der Waals surface area (Å²) in [4.78, 5) is 18.5. The van der Waals surface area contributed by atoms with Crippen molar-refractivity contribution in [2.75, 3.05) is 26.8 Å². The molecule has 0 spiro atoms. The highest BCUT2D eigenvalue weighted by molar-refractivity contribution is 6.31. The maximum Gasteiger partial charge on any atom is 0.229 e. The molecule has 26 heavy (non-hydrogen) atoms. The van der Waals surface area contributed by atoms with E-state index in [4.69, 9.17) is 25.6 Å². The number of nitrogens with zero attached hydrogens (tertiary/aromatic N) is 3. The molecule has 2 aliphatic rings. The fraction of sp³-hybridized carbons (Fsp3) is 0.500. The van der Waals surface area contributed by atoms with Gasteiger partial charge in [-0.1, -0.05) is 16.8 Å². The Labute approximate surface area is 156 Å². The number of hydrogen-bond acceptors (Lipinski definition) is 6. The number of likely N-dealkylation sites (N-methyl/N-ethyl adjacent to an activating group) is 1. The Morgan fingerprint density at radius 1 is 1.27 bits per heavy atom. The summed E-state index contributed by atoms with van der Waals surface area (Å²) in [6.45, 7) is 1.52. The second-order valence-corrected chi connectivity index (χ2v) is 7.06. The van der Waals surface area contributed by atoms with E-state index in [9.17, 15) is 4.79 Å². The van der Waals surface area contributed by atoms with E-state index in [1.54, 1.807) is 24.1 Å². The minimum Gasteiger partial charge on any atom is -0.486 e. The number of fused-ring (bicyclic) bond motifs is 1. The van der Waals surface area contributed by atoms with Gasteiger partial charge in [0.05, 0.1) is 6.42 Å². The molecule has 0 atom stereocenters. The minimum atomic E-state index is -0.0329. The maximum absolute atomic E-state index is 12.5. The number of ether oxygens (including phenoxy) is 2. The molecule has 1 aliphatic heterocycles. The van der Waals surface area contributed by atoms with Crippen molar-refractivity contribution in [2.45, 2.75) is 31.6 Å². The lowest BCUT2D eigenvalue weighted by atomic mass is 10.1. The van der Waals surface area contributed by atoms with Gasteiger partial charge in [0.2, 0.25) is 11.8 Å². The number of carbonyl (C=O) groups excluding carboxylic acids is 1. The van der Waals surface area contributed by atoms with Crippen molar-refractivity contribution in [1.29, 1.82) is 0 Å². The van der Waals surface area contributed by atoms with Gasteiger partial charge in [0.15, 0.2) is 17.3 Å². The van der Waals surface area contributed by atoms with Crippen LogP contribution in [0.1, 0.15) is 36.0 Å². The molecule has 1 amide bonds. The molecule has 0 bridgehead atoms. The molecule has 2 heterocycles. The molecule has 0 N–H and O–H groups in total. The van der Waals surface area contributed by atoms with Crippen LogP contribution in [0.2, 0.25) is 5.02 Å². The molecule has 1 saturated carbocycles. The Morgan fingerprint density at radius 2 is 2.00 bits per heavy atom. The lowest BCUT2D eigenvalue weighted by Gasteiger charge is -2.21. The molecule has 1 aliphatic carbocycles. The number of hydrogen-bond donors (Lipinski definition) is 0. The summed E-state index contributed by atoms with van der Waals surface area (Å²) in [5.74, 6) is 3.02. The molecule has 1 fully saturated rings. The van der Waals surface area contributed by atoms with E-state index in [0.29, 0.717) is 54.4 Å². The molecular formula is C18H20ClN3O4. The van der Waals surface area contributed by atoms with Crippen LogP contribution in [-0.2, 0) is 17.6 Å². The van der Waals surface area contributed by atoms with Gasteiger partial charge in [0.25, 0.3) is 0 Å². The van der Waals surface area contributed by atoms with Gasteiger partial charge in [-0.3, -0.25) is 4.79 Å². The normalized spacial score (nSPS) is 15.8. The number of benzene rings is 1. The molecule has 4 rings (SSSR count). The first kappa shape index (κ1) is 17.1. The summed E-state index contributed by atoms with van der Waals surface area (Å²) >= 11 is 6.28. The third kappa shape index (κ3) is 3.77. The van der Waals surface area contributed by atoms with E-state index in [2.05, 4.69) is 10.1 Å². The first-order valence-electron chi connectivity index (χ1n) is 8.74. The molecule has 0 saturated heterocycles. The highest BCUT2D eigenvalue weighted by Crippen LogP contribution is 2.39. The number of aromatic nitrogens is 2. The van der Waals surface area contributed by atoms with Gasteiger partial charge in [-0.15, -0.1) is 0 Å². The average molecular weight is 378 g/mol. The third-order valence-corrected chi connectivity index (χ3v) is 4.91. The van der Waals surface area contributed by atoms with Crippen molar-refractivity contribution in [3.8, 4) is 11.5 Å². The topological polar surface area (TPSA) is 77.7 Å². The molecule has 8 heteroatoms. The molecule has 1 aromatic carbocycles. The van der Waals surface area contributed by atoms with Gasteiger partial charge in [0.1, 0.15) is 13.2 Å². The molecule has 1 aromatic heterocycles. The van der Waals surface area contributed by atoms with Crippen LogP contribution in [0.25, 0.3) is 0 Å². The fourth-order valence-electron chi connectivity index (χ4n) is 2.80. The Balaban J connectivity index is 1.34. The van der Waals surface area contributed by atoms with Crippen molar-refractivity contribution in [2.24, 2.45) is 0 Å². The fourth-order valence-corrected chi connectivity index (χ4v) is 3.02. The zero-order valence-electron chi connectivity index (χ0n) is 14.5. The molecule has 138 valence electrons. The van der Waals surface area contributed by atoms with Gasteiger partial charge < -0.3 is 18.9 Å². The van der Waals surface area contributed by atoms with Gasteiger partial charge >= 0.3 is 0 Å². The van der Waals surface area contributed by atoms with Gasteiger partial charge in [-0.05, 0) is 24.5 Å². The number of rotatable bonds is 6. The predicted molar refractivity (Wildman–Crippen MR) is 93.8 cm³/mol. The summed E-state index contributed by atoms with van der Waals surface area (Å²) < 4.78 is 16.3. The van der Waals surface area contributed by atoms with Crippen molar-refractivity contribution in [3.63, 3.8) is 0 Å². The SMILES string of the molecule is CN(CCc1noc(C2CC2)n1)C(=O)Cc1cc2c(cc1Cl)OCCO2.